The van der Waals surface area contributed by atoms with Crippen LogP contribution in [-0.2, 0) is 16.0 Å². The van der Waals surface area contributed by atoms with Gasteiger partial charge < -0.3 is 4.74 Å². The van der Waals surface area contributed by atoms with Crippen LogP contribution in [0.15, 0.2) is 18.2 Å². The topological polar surface area (TPSA) is 60.4 Å². The number of hydrogen-bond donors (Lipinski definition) is 0. The number of aryl methyl sites for hydroxylation is 1. The zero-order valence-electron chi connectivity index (χ0n) is 15.8. The number of carbonyl (C=O) groups is 3. The van der Waals surface area contributed by atoms with Gasteiger partial charge in [0.25, 0.3) is 6.47 Å². The van der Waals surface area contributed by atoms with Gasteiger partial charge in [0.05, 0.1) is 0 Å². The van der Waals surface area contributed by atoms with E-state index in [0.717, 1.165) is 24.8 Å². The first-order valence-corrected chi connectivity index (χ1v) is 10.00. The van der Waals surface area contributed by atoms with Crippen LogP contribution in [0.5, 0.6) is 0 Å². The van der Waals surface area contributed by atoms with Crippen molar-refractivity contribution in [1.29, 1.82) is 0 Å². The van der Waals surface area contributed by atoms with Crippen LogP contribution in [0, 0.1) is 0 Å². The fraction of sp³-hybridized carbons (Fsp3) is 0.591. The average Bonchev–Trinajstić information content (AvgIpc) is 2.89. The summed E-state index contributed by atoms with van der Waals surface area (Å²) in [6.45, 7) is 2.41. The smallest absolute Gasteiger partial charge is 0.294 e. The Morgan fingerprint density at radius 3 is 2.12 bits per heavy atom. The lowest BCUT2D eigenvalue weighted by molar-refractivity contribution is -0.130. The minimum atomic E-state index is -1.28. The summed E-state index contributed by atoms with van der Waals surface area (Å²) in [5, 5.41) is 0. The second-order valence-corrected chi connectivity index (χ2v) is 7.11. The molecule has 0 bridgehead atoms. The van der Waals surface area contributed by atoms with Gasteiger partial charge in [-0.15, -0.1) is 0 Å². The number of unbranched alkanes of at least 4 members (excludes halogenated alkanes) is 9. The van der Waals surface area contributed by atoms with E-state index in [-0.39, 0.29) is 12.3 Å². The lowest BCUT2D eigenvalue weighted by Gasteiger charge is -2.07. The molecule has 0 N–H and O–H groups in total. The second kappa shape index (κ2) is 10.9. The van der Waals surface area contributed by atoms with Crippen molar-refractivity contribution in [3.05, 3.63) is 34.9 Å². The Morgan fingerprint density at radius 1 is 0.885 bits per heavy atom. The molecule has 26 heavy (non-hydrogen) atoms. The molecule has 0 aliphatic heterocycles. The molecule has 0 saturated carbocycles. The van der Waals surface area contributed by atoms with Crippen molar-refractivity contribution in [1.82, 2.24) is 0 Å². The first-order valence-electron chi connectivity index (χ1n) is 10.00. The Morgan fingerprint density at radius 2 is 1.50 bits per heavy atom. The molecule has 4 nitrogen and oxygen atoms in total. The second-order valence-electron chi connectivity index (χ2n) is 7.11. The van der Waals surface area contributed by atoms with Gasteiger partial charge in [-0.1, -0.05) is 82.9 Å². The molecule has 1 aromatic rings. The van der Waals surface area contributed by atoms with Gasteiger partial charge in [0.1, 0.15) is 0 Å². The lowest BCUT2D eigenvalue weighted by atomic mass is 9.97. The van der Waals surface area contributed by atoms with Crippen molar-refractivity contribution in [3.8, 4) is 0 Å². The van der Waals surface area contributed by atoms with Crippen molar-refractivity contribution in [3.63, 3.8) is 0 Å². The maximum atomic E-state index is 12.4. The fourth-order valence-corrected chi connectivity index (χ4v) is 3.68. The quantitative estimate of drug-likeness (QED) is 0.280. The van der Waals surface area contributed by atoms with Crippen molar-refractivity contribution < 1.29 is 19.1 Å². The predicted octanol–water partition coefficient (Wildman–Crippen LogP) is 5.07. The van der Waals surface area contributed by atoms with E-state index < -0.39 is 11.9 Å². The molecule has 1 aliphatic carbocycles. The van der Waals surface area contributed by atoms with Gasteiger partial charge in [-0.05, 0) is 18.4 Å². The van der Waals surface area contributed by atoms with Gasteiger partial charge >= 0.3 is 0 Å². The molecule has 0 radical (unpaired) electrons. The van der Waals surface area contributed by atoms with E-state index in [4.69, 9.17) is 4.74 Å². The Hall–Kier alpha value is -1.97. The van der Waals surface area contributed by atoms with Crippen LogP contribution in [0.4, 0.5) is 0 Å². The maximum absolute atomic E-state index is 12.4. The van der Waals surface area contributed by atoms with Crippen molar-refractivity contribution in [2.24, 2.45) is 0 Å². The summed E-state index contributed by atoms with van der Waals surface area (Å²) in [4.78, 5) is 35.1. The largest absolute Gasteiger partial charge is 0.448 e. The summed E-state index contributed by atoms with van der Waals surface area (Å²) in [6.07, 6.45) is 12.1. The van der Waals surface area contributed by atoms with E-state index in [2.05, 4.69) is 6.92 Å². The van der Waals surface area contributed by atoms with Crippen LogP contribution >= 0.6 is 0 Å². The number of hydrogen-bond acceptors (Lipinski definition) is 4. The third kappa shape index (κ3) is 5.26. The normalized spacial score (nSPS) is 16.0. The molecule has 0 amide bonds. The van der Waals surface area contributed by atoms with E-state index in [1.54, 1.807) is 12.1 Å². The number of benzene rings is 1. The van der Waals surface area contributed by atoms with Gasteiger partial charge in [0.15, 0.2) is 0 Å². The monoisotopic (exact) mass is 358 g/mol. The molecule has 0 spiro atoms. The highest BCUT2D eigenvalue weighted by Gasteiger charge is 2.41. The molecule has 1 aliphatic rings. The van der Waals surface area contributed by atoms with Gasteiger partial charge in [-0.2, -0.15) is 0 Å². The van der Waals surface area contributed by atoms with Crippen LogP contribution < -0.4 is 0 Å². The minimum absolute atomic E-state index is 0.175. The summed E-state index contributed by atoms with van der Waals surface area (Å²) >= 11 is 0. The first-order chi connectivity index (χ1) is 12.7. The molecule has 2 rings (SSSR count). The van der Waals surface area contributed by atoms with Crippen LogP contribution in [0.3, 0.4) is 0 Å². The minimum Gasteiger partial charge on any atom is -0.448 e. The number of Topliss-reactive ketones (excluding diaryl/α,β-unsaturated/α-hetero) is 2. The number of ether oxygens (including phenoxy) is 1. The molecule has 1 aromatic carbocycles. The molecule has 4 heteroatoms. The standard InChI is InChI=1S/C22H30O4/c1-2-3-4-5-6-7-8-9-10-11-13-17-14-12-15-18-19(17)21(25)22(20(18)24)26-16-23/h12,14-16,22H,2-11,13H2,1H3. The Balaban J connectivity index is 1.74. The lowest BCUT2D eigenvalue weighted by Crippen LogP contribution is -2.25. The summed E-state index contributed by atoms with van der Waals surface area (Å²) in [7, 11) is 0. The summed E-state index contributed by atoms with van der Waals surface area (Å²) in [6, 6.07) is 5.35. The molecule has 0 heterocycles. The SMILES string of the molecule is CCCCCCCCCCCCc1cccc2c1C(=O)C(OC=O)C2=O. The molecular formula is C22H30O4. The number of ketones is 2. The molecule has 1 atom stereocenters. The van der Waals surface area contributed by atoms with Crippen LogP contribution in [0.2, 0.25) is 0 Å². The van der Waals surface area contributed by atoms with Crippen molar-refractivity contribution in [2.45, 2.75) is 83.7 Å². The first kappa shape index (κ1) is 20.3. The van der Waals surface area contributed by atoms with E-state index >= 15 is 0 Å². The summed E-state index contributed by atoms with van der Waals surface area (Å²) in [5.74, 6) is -0.776. The van der Waals surface area contributed by atoms with Crippen LogP contribution in [0.1, 0.15) is 97.4 Å². The number of carbonyl (C=O) groups excluding carboxylic acids is 3. The van der Waals surface area contributed by atoms with E-state index in [1.165, 1.54) is 51.4 Å². The molecule has 0 saturated heterocycles. The molecule has 142 valence electrons. The van der Waals surface area contributed by atoms with Gasteiger partial charge in [0, 0.05) is 11.1 Å². The molecular weight excluding hydrogens is 328 g/mol. The Kier molecular flexibility index (Phi) is 8.52. The van der Waals surface area contributed by atoms with Crippen LogP contribution in [-0.4, -0.2) is 24.1 Å². The highest BCUT2D eigenvalue weighted by Crippen LogP contribution is 2.28. The number of fused-ring (bicyclic) bond motifs is 1. The third-order valence-electron chi connectivity index (χ3n) is 5.13. The highest BCUT2D eigenvalue weighted by atomic mass is 16.5. The number of rotatable bonds is 13. The van der Waals surface area contributed by atoms with Gasteiger partial charge in [-0.3, -0.25) is 14.4 Å². The zero-order chi connectivity index (χ0) is 18.8. The molecule has 0 fully saturated rings. The maximum Gasteiger partial charge on any atom is 0.294 e. The van der Waals surface area contributed by atoms with Gasteiger partial charge in [0.2, 0.25) is 17.7 Å². The van der Waals surface area contributed by atoms with Crippen molar-refractivity contribution >= 4 is 18.0 Å². The average molecular weight is 358 g/mol. The van der Waals surface area contributed by atoms with Gasteiger partial charge in [-0.25, -0.2) is 0 Å². The third-order valence-corrected chi connectivity index (χ3v) is 5.13. The van der Waals surface area contributed by atoms with Crippen molar-refractivity contribution in [2.75, 3.05) is 0 Å². The fourth-order valence-electron chi connectivity index (χ4n) is 3.68. The Labute approximate surface area is 156 Å². The van der Waals surface area contributed by atoms with E-state index in [0.29, 0.717) is 11.1 Å². The predicted molar refractivity (Wildman–Crippen MR) is 102 cm³/mol. The van der Waals surface area contributed by atoms with E-state index in [9.17, 15) is 14.4 Å². The summed E-state index contributed by atoms with van der Waals surface area (Å²) < 4.78 is 4.69. The molecule has 1 unspecified atom stereocenters. The Bertz CT molecular complexity index is 621. The zero-order valence-corrected chi connectivity index (χ0v) is 15.8. The highest BCUT2D eigenvalue weighted by molar-refractivity contribution is 6.29. The molecule has 0 aromatic heterocycles. The van der Waals surface area contributed by atoms with Crippen LogP contribution in [0.25, 0.3) is 0 Å². The van der Waals surface area contributed by atoms with E-state index in [1.807, 2.05) is 6.07 Å². The summed E-state index contributed by atoms with van der Waals surface area (Å²) in [5.41, 5.74) is 1.75.